The van der Waals surface area contributed by atoms with Crippen molar-refractivity contribution in [3.8, 4) is 18.1 Å². The predicted octanol–water partition coefficient (Wildman–Crippen LogP) is 3.11. The number of aromatic nitrogens is 1. The van der Waals surface area contributed by atoms with E-state index in [0.717, 1.165) is 29.5 Å². The van der Waals surface area contributed by atoms with Gasteiger partial charge in [-0.1, -0.05) is 12.0 Å². The molecule has 1 saturated heterocycles. The number of amides is 1. The number of methoxy groups -OCH3 is 1. The van der Waals surface area contributed by atoms with Gasteiger partial charge in [0, 0.05) is 35.8 Å². The molecule has 1 amide bonds. The lowest BCUT2D eigenvalue weighted by Gasteiger charge is -2.32. The molecule has 1 fully saturated rings. The highest BCUT2D eigenvalue weighted by Gasteiger charge is 2.27. The van der Waals surface area contributed by atoms with E-state index in [1.807, 2.05) is 24.4 Å². The molecule has 0 unspecified atom stereocenters. The lowest BCUT2D eigenvalue weighted by Crippen LogP contribution is -2.38. The predicted molar refractivity (Wildman–Crippen MR) is 123 cm³/mol. The molecule has 0 radical (unpaired) electrons. The molecule has 0 spiro atoms. The quantitative estimate of drug-likeness (QED) is 0.564. The number of fused-ring (bicyclic) bond motifs is 1. The number of H-pyrrole nitrogens is 1. The van der Waals surface area contributed by atoms with Gasteiger partial charge in [0.05, 0.1) is 18.6 Å². The molecule has 8 heteroatoms. The average Bonchev–Trinajstić information content (AvgIpc) is 3.25. The van der Waals surface area contributed by atoms with Crippen molar-refractivity contribution >= 4 is 26.8 Å². The molecule has 0 saturated carbocycles. The summed E-state index contributed by atoms with van der Waals surface area (Å²) in [4.78, 5) is 18.2. The zero-order valence-corrected chi connectivity index (χ0v) is 18.6. The number of ether oxygens (including phenoxy) is 1. The van der Waals surface area contributed by atoms with Gasteiger partial charge in [-0.2, -0.15) is 4.72 Å². The Kier molecular flexibility index (Phi) is 6.21. The van der Waals surface area contributed by atoms with E-state index < -0.39 is 10.0 Å². The van der Waals surface area contributed by atoms with Crippen LogP contribution in [0.25, 0.3) is 10.9 Å². The Morgan fingerprint density at radius 2 is 2.03 bits per heavy atom. The molecule has 166 valence electrons. The zero-order chi connectivity index (χ0) is 22.7. The molecule has 4 rings (SSSR count). The molecule has 1 aliphatic rings. The summed E-state index contributed by atoms with van der Waals surface area (Å²) in [7, 11) is -2.10. The Bertz CT molecular complexity index is 1280. The van der Waals surface area contributed by atoms with Crippen molar-refractivity contribution in [2.45, 2.75) is 23.7 Å². The van der Waals surface area contributed by atoms with Crippen LogP contribution in [-0.2, 0) is 10.0 Å². The monoisotopic (exact) mass is 451 g/mol. The summed E-state index contributed by atoms with van der Waals surface area (Å²) < 4.78 is 32.3. The van der Waals surface area contributed by atoms with Crippen LogP contribution < -0.4 is 9.46 Å². The van der Waals surface area contributed by atoms with Gasteiger partial charge in [0.25, 0.3) is 5.91 Å². The summed E-state index contributed by atoms with van der Waals surface area (Å²) in [5, 5.41) is 1.14. The van der Waals surface area contributed by atoms with Crippen molar-refractivity contribution < 1.29 is 17.9 Å². The minimum atomic E-state index is -3.75. The number of hydrogen-bond acceptors (Lipinski definition) is 4. The van der Waals surface area contributed by atoms with Crippen LogP contribution >= 0.6 is 0 Å². The van der Waals surface area contributed by atoms with Crippen molar-refractivity contribution in [1.82, 2.24) is 14.6 Å². The molecule has 2 heterocycles. The number of benzene rings is 2. The third kappa shape index (κ3) is 4.35. The summed E-state index contributed by atoms with van der Waals surface area (Å²) in [5.74, 6) is 3.22. The summed E-state index contributed by atoms with van der Waals surface area (Å²) >= 11 is 0. The van der Waals surface area contributed by atoms with Crippen LogP contribution in [-0.4, -0.2) is 51.0 Å². The first-order valence-corrected chi connectivity index (χ1v) is 11.9. The summed E-state index contributed by atoms with van der Waals surface area (Å²) in [6.45, 7) is 1.10. The molecular weight excluding hydrogens is 426 g/mol. The highest BCUT2D eigenvalue weighted by molar-refractivity contribution is 7.89. The fraction of sp³-hybridized carbons (Fsp3) is 0.292. The topological polar surface area (TPSA) is 91.5 Å². The van der Waals surface area contributed by atoms with Gasteiger partial charge >= 0.3 is 0 Å². The molecular formula is C24H25N3O4S. The molecule has 1 aliphatic heterocycles. The van der Waals surface area contributed by atoms with Crippen molar-refractivity contribution in [2.75, 3.05) is 26.7 Å². The zero-order valence-electron chi connectivity index (χ0n) is 17.8. The molecule has 32 heavy (non-hydrogen) atoms. The number of nitrogens with zero attached hydrogens (tertiary/aromatic N) is 1. The summed E-state index contributed by atoms with van der Waals surface area (Å²) in [5.41, 5.74) is 2.65. The Morgan fingerprint density at radius 1 is 1.25 bits per heavy atom. The van der Waals surface area contributed by atoms with Crippen LogP contribution in [0.4, 0.5) is 0 Å². The molecule has 0 bridgehead atoms. The third-order valence-electron chi connectivity index (χ3n) is 5.90. The Labute approximate surface area is 187 Å². The number of nitrogens with one attached hydrogen (secondary N) is 2. The number of likely N-dealkylation sites (tertiary alicyclic amines) is 1. The summed E-state index contributed by atoms with van der Waals surface area (Å²) in [6, 6.07) is 12.0. The third-order valence-corrected chi connectivity index (χ3v) is 7.30. The van der Waals surface area contributed by atoms with Gasteiger partial charge in [-0.3, -0.25) is 4.79 Å². The van der Waals surface area contributed by atoms with Crippen LogP contribution in [0.1, 0.15) is 34.7 Å². The van der Waals surface area contributed by atoms with E-state index in [-0.39, 0.29) is 17.3 Å². The molecule has 2 aromatic carbocycles. The van der Waals surface area contributed by atoms with Gasteiger partial charge < -0.3 is 14.6 Å². The molecule has 1 aromatic heterocycles. The highest BCUT2D eigenvalue weighted by atomic mass is 32.2. The fourth-order valence-corrected chi connectivity index (χ4v) is 5.16. The van der Waals surface area contributed by atoms with Crippen molar-refractivity contribution in [3.05, 3.63) is 59.8 Å². The number of terminal acetylenes is 1. The number of hydrogen-bond donors (Lipinski definition) is 2. The smallest absolute Gasteiger partial charge is 0.253 e. The number of carbonyl (C=O) groups is 1. The van der Waals surface area contributed by atoms with Gasteiger partial charge in [0.1, 0.15) is 5.75 Å². The maximum Gasteiger partial charge on any atom is 0.253 e. The number of rotatable bonds is 6. The first-order chi connectivity index (χ1) is 15.4. The maximum absolute atomic E-state index is 13.0. The molecule has 3 aromatic rings. The standard InChI is InChI=1S/C24H25N3O4S/c1-3-11-26-32(29,30)20-6-4-5-18(14-20)24(28)27-12-9-17(10-13-27)22-16-25-23-8-7-19(31-2)15-21(22)23/h1,4-8,14-17,25-26H,9-13H2,2H3. The minimum absolute atomic E-state index is 0.0289. The van der Waals surface area contributed by atoms with Gasteiger partial charge in [-0.15, -0.1) is 6.42 Å². The van der Waals surface area contributed by atoms with E-state index in [9.17, 15) is 13.2 Å². The maximum atomic E-state index is 13.0. The van der Waals surface area contributed by atoms with E-state index in [0.29, 0.717) is 24.6 Å². The van der Waals surface area contributed by atoms with Crippen LogP contribution in [0.3, 0.4) is 0 Å². The lowest BCUT2D eigenvalue weighted by molar-refractivity contribution is 0.0713. The van der Waals surface area contributed by atoms with E-state index in [4.69, 9.17) is 11.2 Å². The molecule has 2 N–H and O–H groups in total. The van der Waals surface area contributed by atoms with Gasteiger partial charge in [-0.25, -0.2) is 8.42 Å². The van der Waals surface area contributed by atoms with Crippen molar-refractivity contribution in [1.29, 1.82) is 0 Å². The highest BCUT2D eigenvalue weighted by Crippen LogP contribution is 2.35. The van der Waals surface area contributed by atoms with Crippen molar-refractivity contribution in [2.24, 2.45) is 0 Å². The number of carbonyl (C=O) groups excluding carboxylic acids is 1. The Morgan fingerprint density at radius 3 is 2.75 bits per heavy atom. The number of piperidine rings is 1. The Balaban J connectivity index is 1.47. The van der Waals surface area contributed by atoms with E-state index in [2.05, 4.69) is 15.6 Å². The van der Waals surface area contributed by atoms with E-state index in [1.165, 1.54) is 17.7 Å². The average molecular weight is 452 g/mol. The van der Waals surface area contributed by atoms with Gasteiger partial charge in [0.15, 0.2) is 0 Å². The largest absolute Gasteiger partial charge is 0.497 e. The second kappa shape index (κ2) is 9.07. The van der Waals surface area contributed by atoms with Crippen LogP contribution in [0, 0.1) is 12.3 Å². The number of aromatic amines is 1. The first kappa shape index (κ1) is 21.9. The molecule has 0 atom stereocenters. The Hall–Kier alpha value is -3.28. The van der Waals surface area contributed by atoms with E-state index >= 15 is 0 Å². The SMILES string of the molecule is C#CCNS(=O)(=O)c1cccc(C(=O)N2CCC(c3c[nH]c4ccc(OC)cc34)CC2)c1. The van der Waals surface area contributed by atoms with Crippen LogP contribution in [0.15, 0.2) is 53.6 Å². The molecule has 0 aliphatic carbocycles. The van der Waals surface area contributed by atoms with Crippen LogP contribution in [0.2, 0.25) is 0 Å². The minimum Gasteiger partial charge on any atom is -0.497 e. The summed E-state index contributed by atoms with van der Waals surface area (Å²) in [6.07, 6.45) is 8.84. The van der Waals surface area contributed by atoms with Crippen LogP contribution in [0.5, 0.6) is 5.75 Å². The second-order valence-corrected chi connectivity index (χ2v) is 9.55. The number of sulfonamides is 1. The van der Waals surface area contributed by atoms with E-state index in [1.54, 1.807) is 24.1 Å². The van der Waals surface area contributed by atoms with Gasteiger partial charge in [0.2, 0.25) is 10.0 Å². The lowest BCUT2D eigenvalue weighted by atomic mass is 9.89. The van der Waals surface area contributed by atoms with Crippen molar-refractivity contribution in [3.63, 3.8) is 0 Å². The normalized spacial score (nSPS) is 14.9. The molecule has 7 nitrogen and oxygen atoms in total. The fourth-order valence-electron chi connectivity index (χ4n) is 4.18. The second-order valence-electron chi connectivity index (χ2n) is 7.78. The first-order valence-electron chi connectivity index (χ1n) is 10.4. The van der Waals surface area contributed by atoms with Gasteiger partial charge in [-0.05, 0) is 60.7 Å².